The van der Waals surface area contributed by atoms with Crippen molar-refractivity contribution in [1.29, 1.82) is 0 Å². The van der Waals surface area contributed by atoms with Gasteiger partial charge in [0.2, 0.25) is 0 Å². The second-order valence-electron chi connectivity index (χ2n) is 5.89. The van der Waals surface area contributed by atoms with Gasteiger partial charge in [0.25, 0.3) is 0 Å². The third kappa shape index (κ3) is 6.59. The first-order valence-corrected chi connectivity index (χ1v) is 8.18. The molecule has 0 saturated carbocycles. The van der Waals surface area contributed by atoms with E-state index in [0.29, 0.717) is 6.04 Å². The van der Waals surface area contributed by atoms with Crippen LogP contribution in [-0.2, 0) is 12.8 Å². The van der Waals surface area contributed by atoms with Gasteiger partial charge in [0, 0.05) is 6.04 Å². The number of aryl methyl sites for hydroxylation is 1. The summed E-state index contributed by atoms with van der Waals surface area (Å²) in [4.78, 5) is 0. The number of nitrogens with two attached hydrogens (primary N) is 1. The van der Waals surface area contributed by atoms with E-state index in [2.05, 4.69) is 60.7 Å². The summed E-state index contributed by atoms with van der Waals surface area (Å²) in [6.45, 7) is 0. The molecule has 0 saturated heterocycles. The van der Waals surface area contributed by atoms with E-state index in [1.807, 2.05) is 0 Å². The molecule has 0 heterocycles. The molecule has 0 aromatic heterocycles. The van der Waals surface area contributed by atoms with Crippen molar-refractivity contribution in [3.8, 4) is 0 Å². The normalized spacial score (nSPS) is 12.2. The van der Waals surface area contributed by atoms with E-state index in [9.17, 15) is 0 Å². The Morgan fingerprint density at radius 1 is 0.667 bits per heavy atom. The molecule has 2 aromatic rings. The van der Waals surface area contributed by atoms with E-state index in [4.69, 9.17) is 5.73 Å². The van der Waals surface area contributed by atoms with Crippen molar-refractivity contribution in [2.24, 2.45) is 5.73 Å². The van der Waals surface area contributed by atoms with Gasteiger partial charge in [0.1, 0.15) is 0 Å². The predicted molar refractivity (Wildman–Crippen MR) is 91.4 cm³/mol. The van der Waals surface area contributed by atoms with Crippen LogP contribution in [0.2, 0.25) is 0 Å². The Kier molecular flexibility index (Phi) is 7.03. The highest BCUT2D eigenvalue weighted by atomic mass is 14.6. The molecule has 2 N–H and O–H groups in total. The molecule has 1 atom stereocenters. The molecule has 112 valence electrons. The quantitative estimate of drug-likeness (QED) is 0.659. The van der Waals surface area contributed by atoms with Crippen LogP contribution in [0.15, 0.2) is 60.7 Å². The van der Waals surface area contributed by atoms with Gasteiger partial charge in [-0.15, -0.1) is 0 Å². The highest BCUT2D eigenvalue weighted by molar-refractivity contribution is 5.16. The lowest BCUT2D eigenvalue weighted by Crippen LogP contribution is -2.22. The van der Waals surface area contributed by atoms with E-state index >= 15 is 0 Å². The molecule has 1 nitrogen and oxygen atoms in total. The molecule has 1 unspecified atom stereocenters. The minimum absolute atomic E-state index is 0.307. The van der Waals surface area contributed by atoms with E-state index < -0.39 is 0 Å². The molecule has 0 amide bonds. The monoisotopic (exact) mass is 281 g/mol. The Hall–Kier alpha value is -1.60. The highest BCUT2D eigenvalue weighted by Crippen LogP contribution is 2.11. The van der Waals surface area contributed by atoms with Crippen LogP contribution in [0.25, 0.3) is 0 Å². The maximum Gasteiger partial charge on any atom is 0.00793 e. The fourth-order valence-electron chi connectivity index (χ4n) is 2.75. The Balaban J connectivity index is 1.51. The fraction of sp³-hybridized carbons (Fsp3) is 0.400. The summed E-state index contributed by atoms with van der Waals surface area (Å²) >= 11 is 0. The highest BCUT2D eigenvalue weighted by Gasteiger charge is 2.03. The number of hydrogen-bond acceptors (Lipinski definition) is 1. The molecule has 2 aromatic carbocycles. The number of rotatable bonds is 9. The van der Waals surface area contributed by atoms with Crippen molar-refractivity contribution in [2.75, 3.05) is 0 Å². The van der Waals surface area contributed by atoms with Crippen LogP contribution < -0.4 is 5.73 Å². The molecule has 0 aliphatic rings. The van der Waals surface area contributed by atoms with E-state index in [-0.39, 0.29) is 0 Å². The van der Waals surface area contributed by atoms with Gasteiger partial charge >= 0.3 is 0 Å². The Morgan fingerprint density at radius 2 is 1.24 bits per heavy atom. The van der Waals surface area contributed by atoms with Crippen molar-refractivity contribution in [3.63, 3.8) is 0 Å². The van der Waals surface area contributed by atoms with Crippen molar-refractivity contribution >= 4 is 0 Å². The molecule has 0 aliphatic carbocycles. The van der Waals surface area contributed by atoms with Crippen LogP contribution in [0.3, 0.4) is 0 Å². The second-order valence-corrected chi connectivity index (χ2v) is 5.89. The fourth-order valence-corrected chi connectivity index (χ4v) is 2.75. The number of unbranched alkanes of at least 4 members (excludes halogenated alkanes) is 3. The average Bonchev–Trinajstić information content (AvgIpc) is 2.53. The molecule has 0 fully saturated rings. The van der Waals surface area contributed by atoms with Crippen molar-refractivity contribution in [2.45, 2.75) is 51.0 Å². The van der Waals surface area contributed by atoms with Gasteiger partial charge in [-0.2, -0.15) is 0 Å². The molecule has 2 rings (SSSR count). The minimum atomic E-state index is 0.307. The third-order valence-electron chi connectivity index (χ3n) is 3.97. The van der Waals surface area contributed by atoms with Gasteiger partial charge in [0.05, 0.1) is 0 Å². The Labute approximate surface area is 129 Å². The third-order valence-corrected chi connectivity index (χ3v) is 3.97. The van der Waals surface area contributed by atoms with E-state index in [0.717, 1.165) is 12.8 Å². The van der Waals surface area contributed by atoms with E-state index in [1.54, 1.807) is 0 Å². The van der Waals surface area contributed by atoms with Gasteiger partial charge in [0.15, 0.2) is 0 Å². The average molecular weight is 281 g/mol. The molecular weight excluding hydrogens is 254 g/mol. The zero-order valence-corrected chi connectivity index (χ0v) is 12.9. The number of hydrogen-bond donors (Lipinski definition) is 1. The van der Waals surface area contributed by atoms with E-state index in [1.165, 1.54) is 43.2 Å². The first-order valence-electron chi connectivity index (χ1n) is 8.18. The van der Waals surface area contributed by atoms with Crippen LogP contribution in [0.1, 0.15) is 43.2 Å². The summed E-state index contributed by atoms with van der Waals surface area (Å²) < 4.78 is 0. The molecular formula is C20H27N. The van der Waals surface area contributed by atoms with Crippen LogP contribution in [0.4, 0.5) is 0 Å². The summed E-state index contributed by atoms with van der Waals surface area (Å²) in [5, 5.41) is 0. The second kappa shape index (κ2) is 9.36. The van der Waals surface area contributed by atoms with Crippen molar-refractivity contribution < 1.29 is 0 Å². The first kappa shape index (κ1) is 15.8. The molecule has 0 spiro atoms. The maximum atomic E-state index is 6.21. The van der Waals surface area contributed by atoms with Crippen LogP contribution >= 0.6 is 0 Å². The molecule has 0 aliphatic heterocycles. The smallest absolute Gasteiger partial charge is 0.00793 e. The zero-order valence-electron chi connectivity index (χ0n) is 12.9. The van der Waals surface area contributed by atoms with Gasteiger partial charge < -0.3 is 5.73 Å². The molecule has 0 bridgehead atoms. The van der Waals surface area contributed by atoms with Crippen LogP contribution in [-0.4, -0.2) is 6.04 Å². The topological polar surface area (TPSA) is 26.0 Å². The SMILES string of the molecule is NC(CCCCCCc1ccccc1)Cc1ccccc1. The zero-order chi connectivity index (χ0) is 14.8. The Bertz CT molecular complexity index is 478. The molecule has 1 heteroatoms. The lowest BCUT2D eigenvalue weighted by Gasteiger charge is -2.11. The van der Waals surface area contributed by atoms with Gasteiger partial charge in [-0.25, -0.2) is 0 Å². The summed E-state index contributed by atoms with van der Waals surface area (Å²) in [6.07, 6.45) is 8.50. The predicted octanol–water partition coefficient (Wildman–Crippen LogP) is 4.75. The van der Waals surface area contributed by atoms with Gasteiger partial charge in [-0.3, -0.25) is 0 Å². The molecule has 21 heavy (non-hydrogen) atoms. The minimum Gasteiger partial charge on any atom is -0.327 e. The lowest BCUT2D eigenvalue weighted by atomic mass is 10.00. The first-order chi connectivity index (χ1) is 10.3. The van der Waals surface area contributed by atoms with Crippen molar-refractivity contribution in [1.82, 2.24) is 0 Å². The lowest BCUT2D eigenvalue weighted by molar-refractivity contribution is 0.540. The Morgan fingerprint density at radius 3 is 1.90 bits per heavy atom. The summed E-state index contributed by atoms with van der Waals surface area (Å²) in [5.41, 5.74) is 9.02. The van der Waals surface area contributed by atoms with Gasteiger partial charge in [-0.1, -0.05) is 79.9 Å². The largest absolute Gasteiger partial charge is 0.327 e. The summed E-state index contributed by atoms with van der Waals surface area (Å²) in [5.74, 6) is 0. The maximum absolute atomic E-state index is 6.21. The summed E-state index contributed by atoms with van der Waals surface area (Å²) in [7, 11) is 0. The van der Waals surface area contributed by atoms with Crippen LogP contribution in [0, 0.1) is 0 Å². The van der Waals surface area contributed by atoms with Crippen molar-refractivity contribution in [3.05, 3.63) is 71.8 Å². The summed E-state index contributed by atoms with van der Waals surface area (Å²) in [6, 6.07) is 21.6. The molecule has 0 radical (unpaired) electrons. The van der Waals surface area contributed by atoms with Gasteiger partial charge in [-0.05, 0) is 36.8 Å². The standard InChI is InChI=1S/C20H27N/c21-20(17-19-14-8-4-9-15-19)16-10-2-1-5-11-18-12-6-3-7-13-18/h3-4,6-9,12-15,20H,1-2,5,10-11,16-17,21H2. The number of benzene rings is 2. The van der Waals surface area contributed by atoms with Crippen LogP contribution in [0.5, 0.6) is 0 Å².